The number of aryl methyl sites for hydroxylation is 2. The molecule has 5 heteroatoms. The van der Waals surface area contributed by atoms with E-state index in [0.717, 1.165) is 25.3 Å². The van der Waals surface area contributed by atoms with Gasteiger partial charge in [0.1, 0.15) is 0 Å². The van der Waals surface area contributed by atoms with Crippen LogP contribution in [0.4, 0.5) is 5.69 Å². The van der Waals surface area contributed by atoms with Gasteiger partial charge in [0.05, 0.1) is 12.9 Å². The molecule has 180 valence electrons. The van der Waals surface area contributed by atoms with Gasteiger partial charge in [-0.25, -0.2) is 4.74 Å². The van der Waals surface area contributed by atoms with Gasteiger partial charge in [-0.2, -0.15) is 0 Å². The molecule has 0 aliphatic carbocycles. The zero-order valence-electron chi connectivity index (χ0n) is 21.1. The fourth-order valence-corrected chi connectivity index (χ4v) is 10.0. The first kappa shape index (κ1) is 25.0. The number of aromatic nitrogens is 1. The number of para-hydroxylation sites is 1. The first-order valence-electron chi connectivity index (χ1n) is 12.3. The van der Waals surface area contributed by atoms with Crippen LogP contribution in [-0.2, 0) is 6.54 Å². The van der Waals surface area contributed by atoms with Gasteiger partial charge in [-0.1, -0.05) is 56.7 Å². The lowest BCUT2D eigenvalue weighted by molar-refractivity contribution is 0.538. The largest absolute Gasteiger partial charge is 0.341 e. The van der Waals surface area contributed by atoms with Crippen molar-refractivity contribution >= 4 is 52.4 Å². The molecular formula is C29H37ClN3P. The van der Waals surface area contributed by atoms with E-state index in [4.69, 9.17) is 4.74 Å². The number of hydrogen-bond donors (Lipinski definition) is 0. The van der Waals surface area contributed by atoms with Crippen LogP contribution < -0.4 is 5.30 Å². The van der Waals surface area contributed by atoms with Crippen molar-refractivity contribution < 1.29 is 0 Å². The first-order valence-corrected chi connectivity index (χ1v) is 14.0. The third-order valence-corrected chi connectivity index (χ3v) is 11.8. The van der Waals surface area contributed by atoms with Gasteiger partial charge in [0, 0.05) is 51.9 Å². The summed E-state index contributed by atoms with van der Waals surface area (Å²) >= 11 is 0. The van der Waals surface area contributed by atoms with Crippen molar-refractivity contribution in [1.82, 2.24) is 9.24 Å². The highest BCUT2D eigenvalue weighted by atomic mass is 35.5. The highest BCUT2D eigenvalue weighted by molar-refractivity contribution is 7.73. The summed E-state index contributed by atoms with van der Waals surface area (Å²) in [4.78, 5) is 0. The van der Waals surface area contributed by atoms with Crippen molar-refractivity contribution in [2.24, 2.45) is 4.74 Å². The Kier molecular flexibility index (Phi) is 7.02. The molecule has 3 aromatic carbocycles. The Bertz CT molecular complexity index is 1360. The van der Waals surface area contributed by atoms with E-state index in [1.165, 1.54) is 45.5 Å². The molecule has 0 spiro atoms. The van der Waals surface area contributed by atoms with Gasteiger partial charge in [0.25, 0.3) is 0 Å². The predicted molar refractivity (Wildman–Crippen MR) is 153 cm³/mol. The first-order chi connectivity index (χ1) is 15.8. The minimum absolute atomic E-state index is 0. The molecule has 2 heterocycles. The van der Waals surface area contributed by atoms with Gasteiger partial charge in [-0.3, -0.25) is 4.67 Å². The van der Waals surface area contributed by atoms with Crippen molar-refractivity contribution in [3.63, 3.8) is 0 Å². The van der Waals surface area contributed by atoms with E-state index in [1.807, 2.05) is 0 Å². The highest BCUT2D eigenvalue weighted by Gasteiger charge is 2.42. The Hall–Kier alpha value is -2.06. The third-order valence-electron chi connectivity index (χ3n) is 7.15. The van der Waals surface area contributed by atoms with Gasteiger partial charge >= 0.3 is 0 Å². The molecule has 4 aromatic rings. The third kappa shape index (κ3) is 4.02. The van der Waals surface area contributed by atoms with E-state index < -0.39 is 7.21 Å². The Balaban J connectivity index is 0.00000274. The summed E-state index contributed by atoms with van der Waals surface area (Å²) in [5.41, 5.74) is 5.03. The molecule has 1 saturated heterocycles. The van der Waals surface area contributed by atoms with Crippen molar-refractivity contribution in [1.29, 1.82) is 0 Å². The predicted octanol–water partition coefficient (Wildman–Crippen LogP) is 8.51. The van der Waals surface area contributed by atoms with E-state index in [0.29, 0.717) is 0 Å². The fraction of sp³-hybridized carbons (Fsp3) is 0.379. The molecule has 5 rings (SSSR count). The van der Waals surface area contributed by atoms with Gasteiger partial charge in [-0.05, 0) is 63.1 Å². The maximum atomic E-state index is 5.70. The molecule has 0 amide bonds. The van der Waals surface area contributed by atoms with Gasteiger partial charge in [-0.15, -0.1) is 12.4 Å². The summed E-state index contributed by atoms with van der Waals surface area (Å²) in [6, 6.07) is 24.9. The average Bonchev–Trinajstić information content (AvgIpc) is 3.44. The van der Waals surface area contributed by atoms with Crippen LogP contribution >= 0.6 is 19.6 Å². The smallest absolute Gasteiger partial charge is 0.0720 e. The quantitative estimate of drug-likeness (QED) is 0.261. The molecule has 0 radical (unpaired) electrons. The zero-order chi connectivity index (χ0) is 23.2. The van der Waals surface area contributed by atoms with Gasteiger partial charge in [0.2, 0.25) is 0 Å². The number of nitrogens with zero attached hydrogens (tertiary/aromatic N) is 3. The number of fused-ring (bicyclic) bond motifs is 3. The average molecular weight is 494 g/mol. The molecular weight excluding hydrogens is 457 g/mol. The van der Waals surface area contributed by atoms with Gasteiger partial charge < -0.3 is 4.57 Å². The van der Waals surface area contributed by atoms with Crippen LogP contribution in [0, 0.1) is 6.92 Å². The summed E-state index contributed by atoms with van der Waals surface area (Å²) in [5, 5.41) is 4.14. The lowest BCUT2D eigenvalue weighted by Gasteiger charge is -2.44. The van der Waals surface area contributed by atoms with E-state index in [-0.39, 0.29) is 17.6 Å². The minimum Gasteiger partial charge on any atom is -0.341 e. The van der Waals surface area contributed by atoms with Crippen LogP contribution in [-0.4, -0.2) is 27.5 Å². The molecule has 0 bridgehead atoms. The van der Waals surface area contributed by atoms with Crippen LogP contribution in [0.15, 0.2) is 71.5 Å². The number of hydrogen-bond acceptors (Lipinski definition) is 1. The lowest BCUT2D eigenvalue weighted by atomic mass is 10.1. The van der Waals surface area contributed by atoms with Crippen LogP contribution in [0.2, 0.25) is 0 Å². The Morgan fingerprint density at radius 1 is 0.853 bits per heavy atom. The fourth-order valence-electron chi connectivity index (χ4n) is 5.59. The molecule has 1 atom stereocenters. The molecule has 1 fully saturated rings. The molecule has 1 aliphatic rings. The lowest BCUT2D eigenvalue weighted by Crippen LogP contribution is -2.35. The summed E-state index contributed by atoms with van der Waals surface area (Å²) in [5.74, 6) is 0. The second-order valence-corrected chi connectivity index (χ2v) is 14.2. The molecule has 0 N–H and O–H groups in total. The van der Waals surface area contributed by atoms with Crippen molar-refractivity contribution in [2.45, 2.75) is 59.2 Å². The van der Waals surface area contributed by atoms with Crippen LogP contribution in [0.1, 0.15) is 46.1 Å². The molecule has 34 heavy (non-hydrogen) atoms. The Labute approximate surface area is 210 Å². The van der Waals surface area contributed by atoms with E-state index in [9.17, 15) is 0 Å². The maximum absolute atomic E-state index is 5.70. The summed E-state index contributed by atoms with van der Waals surface area (Å²) < 4.78 is 10.9. The topological polar surface area (TPSA) is 20.5 Å². The summed E-state index contributed by atoms with van der Waals surface area (Å²) in [7, 11) is -2.05. The number of rotatable bonds is 4. The van der Waals surface area contributed by atoms with Crippen LogP contribution in [0.3, 0.4) is 0 Å². The SMILES string of the molecule is CCn1c2ccccc2c2cc(P(=Nc3ccc(C)cc3)(N3CCCC3)C(C)(C)C)ccc21.Cl. The van der Waals surface area contributed by atoms with Crippen molar-refractivity contribution in [3.8, 4) is 0 Å². The number of benzene rings is 3. The summed E-state index contributed by atoms with van der Waals surface area (Å²) in [6.45, 7) is 14.8. The van der Waals surface area contributed by atoms with Crippen molar-refractivity contribution in [2.75, 3.05) is 13.1 Å². The highest BCUT2D eigenvalue weighted by Crippen LogP contribution is 2.65. The Morgan fingerprint density at radius 2 is 1.50 bits per heavy atom. The minimum atomic E-state index is -2.05. The van der Waals surface area contributed by atoms with E-state index in [1.54, 1.807) is 0 Å². The second kappa shape index (κ2) is 9.53. The summed E-state index contributed by atoms with van der Waals surface area (Å²) in [6.07, 6.45) is 2.53. The molecule has 1 aliphatic heterocycles. The molecule has 1 unspecified atom stereocenters. The number of halogens is 1. The zero-order valence-corrected chi connectivity index (χ0v) is 22.8. The molecule has 0 saturated carbocycles. The normalized spacial score (nSPS) is 16.5. The standard InChI is InChI=1S/C29H36N3P.ClH/c1-6-32-27-12-8-7-11-25(27)26-21-24(17-18-28(26)32)33(29(3,4)5,31-19-9-10-20-31)30-23-15-13-22(2)14-16-23;/h7-8,11-18,21H,6,9-10,19-20H2,1-5H3;1H. The van der Waals surface area contributed by atoms with E-state index in [2.05, 4.69) is 111 Å². The van der Waals surface area contributed by atoms with Crippen LogP contribution in [0.25, 0.3) is 21.8 Å². The van der Waals surface area contributed by atoms with E-state index >= 15 is 0 Å². The molecule has 1 aromatic heterocycles. The van der Waals surface area contributed by atoms with Crippen molar-refractivity contribution in [3.05, 3.63) is 72.3 Å². The maximum Gasteiger partial charge on any atom is 0.0720 e. The monoisotopic (exact) mass is 493 g/mol. The van der Waals surface area contributed by atoms with Crippen LogP contribution in [0.5, 0.6) is 0 Å². The second-order valence-electron chi connectivity index (χ2n) is 10.3. The molecule has 3 nitrogen and oxygen atoms in total. The Morgan fingerprint density at radius 3 is 2.15 bits per heavy atom. The van der Waals surface area contributed by atoms with Gasteiger partial charge in [0.15, 0.2) is 0 Å².